The van der Waals surface area contributed by atoms with Gasteiger partial charge in [0, 0.05) is 19.3 Å². The maximum atomic E-state index is 2.35. The quantitative estimate of drug-likeness (QED) is 0.493. The molecule has 2 rings (SSSR count). The van der Waals surface area contributed by atoms with Crippen molar-refractivity contribution >= 4 is 19.0 Å². The number of fused-ring (bicyclic) bond motifs is 1. The zero-order valence-electron chi connectivity index (χ0n) is 7.80. The molecule has 0 saturated carbocycles. The molecule has 1 aliphatic rings. The van der Waals surface area contributed by atoms with Crippen molar-refractivity contribution in [2.24, 2.45) is 0 Å². The zero-order valence-corrected chi connectivity index (χ0v) is 7.80. The Morgan fingerprint density at radius 2 is 2.25 bits per heavy atom. The van der Waals surface area contributed by atoms with Gasteiger partial charge in [-0.3, -0.25) is 0 Å². The normalized spacial score (nSPS) is 15.9. The highest BCUT2D eigenvalue weighted by Crippen LogP contribution is 2.23. The molecule has 1 aromatic carbocycles. The molecule has 1 heterocycles. The van der Waals surface area contributed by atoms with Gasteiger partial charge in [0.05, 0.1) is 0 Å². The molecule has 1 aromatic rings. The summed E-state index contributed by atoms with van der Waals surface area (Å²) < 4.78 is 0. The number of aryl methyl sites for hydroxylation is 1. The van der Waals surface area contributed by atoms with Gasteiger partial charge < -0.3 is 4.90 Å². The number of benzene rings is 1. The molecule has 0 aromatic heterocycles. The minimum atomic E-state index is 1.20. The molecule has 62 valence electrons. The molecule has 12 heavy (non-hydrogen) atoms. The van der Waals surface area contributed by atoms with E-state index >= 15 is 0 Å². The lowest BCUT2D eigenvalue weighted by Crippen LogP contribution is -2.25. The summed E-state index contributed by atoms with van der Waals surface area (Å²) in [5, 5.41) is 0. The van der Waals surface area contributed by atoms with Crippen molar-refractivity contribution in [1.82, 2.24) is 0 Å². The fourth-order valence-corrected chi connectivity index (χ4v) is 1.91. The van der Waals surface area contributed by atoms with Gasteiger partial charge in [0.1, 0.15) is 7.85 Å². The van der Waals surface area contributed by atoms with Gasteiger partial charge in [-0.2, -0.15) is 0 Å². The van der Waals surface area contributed by atoms with Crippen LogP contribution in [0.2, 0.25) is 0 Å². The van der Waals surface area contributed by atoms with Crippen molar-refractivity contribution in [2.45, 2.75) is 12.8 Å². The van der Waals surface area contributed by atoms with Crippen molar-refractivity contribution in [1.29, 1.82) is 0 Å². The van der Waals surface area contributed by atoms with Gasteiger partial charge in [-0.15, -0.1) is 0 Å². The van der Waals surface area contributed by atoms with Gasteiger partial charge in [-0.05, 0) is 24.5 Å². The molecule has 0 bridgehead atoms. The molecule has 0 unspecified atom stereocenters. The first kappa shape index (κ1) is 7.72. The number of anilines is 1. The van der Waals surface area contributed by atoms with Gasteiger partial charge in [0.15, 0.2) is 0 Å². The molecule has 0 saturated heterocycles. The van der Waals surface area contributed by atoms with Crippen molar-refractivity contribution in [2.75, 3.05) is 18.5 Å². The summed E-state index contributed by atoms with van der Waals surface area (Å²) in [6.45, 7) is 1.20. The lowest BCUT2D eigenvalue weighted by molar-refractivity contribution is 0.745. The largest absolute Gasteiger partial charge is 0.374 e. The maximum Gasteiger partial charge on any atom is 0.139 e. The van der Waals surface area contributed by atoms with E-state index in [0.717, 1.165) is 0 Å². The smallest absolute Gasteiger partial charge is 0.139 e. The van der Waals surface area contributed by atoms with E-state index in [2.05, 4.69) is 38.0 Å². The van der Waals surface area contributed by atoms with Gasteiger partial charge >= 0.3 is 0 Å². The fraction of sp³-hybridized carbons (Fsp3) is 0.400. The first-order valence-corrected chi connectivity index (χ1v) is 4.58. The summed E-state index contributed by atoms with van der Waals surface area (Å²) in [4.78, 5) is 2.35. The summed E-state index contributed by atoms with van der Waals surface area (Å²) in [7, 11) is 4.34. The number of hydrogen-bond donors (Lipinski definition) is 0. The fourth-order valence-electron chi connectivity index (χ4n) is 1.91. The van der Waals surface area contributed by atoms with E-state index in [1.54, 1.807) is 0 Å². The van der Waals surface area contributed by atoms with E-state index in [4.69, 9.17) is 0 Å². The molecule has 0 amide bonds. The highest BCUT2D eigenvalue weighted by molar-refractivity contribution is 6.32. The van der Waals surface area contributed by atoms with Crippen LogP contribution >= 0.6 is 0 Å². The Balaban J connectivity index is 2.46. The minimum Gasteiger partial charge on any atom is -0.374 e. The molecular formula is C10H14BN. The van der Waals surface area contributed by atoms with Crippen molar-refractivity contribution in [3.8, 4) is 0 Å². The topological polar surface area (TPSA) is 3.24 Å². The van der Waals surface area contributed by atoms with Crippen LogP contribution in [0.3, 0.4) is 0 Å². The Hall–Kier alpha value is -0.915. The Bertz CT molecular complexity index is 296. The molecular weight excluding hydrogens is 145 g/mol. The summed E-state index contributed by atoms with van der Waals surface area (Å²) >= 11 is 0. The minimum absolute atomic E-state index is 1.20. The molecule has 0 atom stereocenters. The van der Waals surface area contributed by atoms with Crippen LogP contribution in [0.1, 0.15) is 12.0 Å². The van der Waals surface area contributed by atoms with Gasteiger partial charge in [0.25, 0.3) is 0 Å². The van der Waals surface area contributed by atoms with Crippen molar-refractivity contribution < 1.29 is 0 Å². The van der Waals surface area contributed by atoms with E-state index in [1.807, 2.05) is 0 Å². The molecule has 1 aliphatic heterocycles. The van der Waals surface area contributed by atoms with Crippen LogP contribution in [-0.4, -0.2) is 21.4 Å². The second-order valence-corrected chi connectivity index (χ2v) is 3.66. The standard InChI is InChI=1S/C10H14BN/c1-12-6-2-3-8-7-9(11)4-5-10(8)12/h4-5,7H,2-3,6,11H2,1H3. The first-order valence-electron chi connectivity index (χ1n) is 4.58. The van der Waals surface area contributed by atoms with Gasteiger partial charge in [0.2, 0.25) is 0 Å². The van der Waals surface area contributed by atoms with E-state index in [0.29, 0.717) is 0 Å². The summed E-state index contributed by atoms with van der Waals surface area (Å²) in [6.07, 6.45) is 2.55. The van der Waals surface area contributed by atoms with Crippen molar-refractivity contribution in [3.63, 3.8) is 0 Å². The van der Waals surface area contributed by atoms with Crippen LogP contribution < -0.4 is 10.4 Å². The molecule has 0 spiro atoms. The number of nitrogens with zero attached hydrogens (tertiary/aromatic N) is 1. The third-order valence-corrected chi connectivity index (χ3v) is 2.59. The lowest BCUT2D eigenvalue weighted by atomic mass is 9.91. The molecule has 0 N–H and O–H groups in total. The Labute approximate surface area is 74.8 Å². The van der Waals surface area contributed by atoms with Crippen LogP contribution in [0.25, 0.3) is 0 Å². The van der Waals surface area contributed by atoms with Gasteiger partial charge in [-0.1, -0.05) is 17.6 Å². The summed E-state index contributed by atoms with van der Waals surface area (Å²) in [5.41, 5.74) is 4.32. The highest BCUT2D eigenvalue weighted by atomic mass is 15.1. The van der Waals surface area contributed by atoms with Crippen LogP contribution in [0.15, 0.2) is 18.2 Å². The van der Waals surface area contributed by atoms with E-state index in [1.165, 1.54) is 36.1 Å². The molecule has 1 nitrogen and oxygen atoms in total. The Morgan fingerprint density at radius 3 is 3.08 bits per heavy atom. The summed E-state index contributed by atoms with van der Waals surface area (Å²) in [6, 6.07) is 6.75. The van der Waals surface area contributed by atoms with E-state index in [9.17, 15) is 0 Å². The second kappa shape index (κ2) is 2.85. The average Bonchev–Trinajstić information content (AvgIpc) is 2.04. The molecule has 0 aliphatic carbocycles. The molecule has 0 fully saturated rings. The third-order valence-electron chi connectivity index (χ3n) is 2.59. The number of rotatable bonds is 0. The Morgan fingerprint density at radius 1 is 1.42 bits per heavy atom. The lowest BCUT2D eigenvalue weighted by Gasteiger charge is -2.27. The van der Waals surface area contributed by atoms with Crippen LogP contribution in [-0.2, 0) is 6.42 Å². The average molecular weight is 159 g/mol. The number of hydrogen-bond acceptors (Lipinski definition) is 1. The summed E-state index contributed by atoms with van der Waals surface area (Å²) in [5.74, 6) is 0. The second-order valence-electron chi connectivity index (χ2n) is 3.66. The molecule has 0 radical (unpaired) electrons. The highest BCUT2D eigenvalue weighted by Gasteiger charge is 2.12. The molecule has 2 heteroatoms. The predicted octanol–water partition coefficient (Wildman–Crippen LogP) is 0.327. The van der Waals surface area contributed by atoms with E-state index < -0.39 is 0 Å². The monoisotopic (exact) mass is 159 g/mol. The van der Waals surface area contributed by atoms with Crippen LogP contribution in [0.4, 0.5) is 5.69 Å². The van der Waals surface area contributed by atoms with E-state index in [-0.39, 0.29) is 0 Å². The van der Waals surface area contributed by atoms with Crippen LogP contribution in [0, 0.1) is 0 Å². The predicted molar refractivity (Wildman–Crippen MR) is 56.2 cm³/mol. The first-order chi connectivity index (χ1) is 5.77. The van der Waals surface area contributed by atoms with Crippen molar-refractivity contribution in [3.05, 3.63) is 23.8 Å². The SMILES string of the molecule is Bc1ccc2c(c1)CCCN2C. The maximum absolute atomic E-state index is 2.35. The zero-order chi connectivity index (χ0) is 8.55. The van der Waals surface area contributed by atoms with Gasteiger partial charge in [-0.25, -0.2) is 0 Å². The van der Waals surface area contributed by atoms with Crippen LogP contribution in [0.5, 0.6) is 0 Å². The Kier molecular flexibility index (Phi) is 1.83. The third kappa shape index (κ3) is 1.22.